The number of aromatic nitrogens is 2. The van der Waals surface area contributed by atoms with Gasteiger partial charge in [0, 0.05) is 6.54 Å². The van der Waals surface area contributed by atoms with Gasteiger partial charge in [0.15, 0.2) is 0 Å². The van der Waals surface area contributed by atoms with E-state index in [-0.39, 0.29) is 18.1 Å². The second kappa shape index (κ2) is 5.67. The zero-order valence-corrected chi connectivity index (χ0v) is 12.0. The van der Waals surface area contributed by atoms with E-state index >= 15 is 0 Å². The number of para-hydroxylation sites is 2. The molecule has 1 aliphatic heterocycles. The second-order valence-electron chi connectivity index (χ2n) is 5.47. The van der Waals surface area contributed by atoms with Crippen LogP contribution >= 0.6 is 0 Å². The lowest BCUT2D eigenvalue weighted by Crippen LogP contribution is -2.49. The van der Waals surface area contributed by atoms with Gasteiger partial charge in [0.05, 0.1) is 11.0 Å². The predicted octanol–water partition coefficient (Wildman–Crippen LogP) is 0.795. The monoisotopic (exact) mass is 303 g/mol. The van der Waals surface area contributed by atoms with Gasteiger partial charge in [-0.2, -0.15) is 0 Å². The van der Waals surface area contributed by atoms with E-state index < -0.39 is 12.0 Å². The Hall–Kier alpha value is -2.57. The maximum Gasteiger partial charge on any atom is 0.326 e. The number of carboxylic acids is 1. The number of carbonyl (C=O) groups is 2. The Balaban J connectivity index is 1.88. The lowest BCUT2D eigenvalue weighted by Gasteiger charge is -2.33. The molecule has 0 spiro atoms. The van der Waals surface area contributed by atoms with E-state index in [1.807, 2.05) is 0 Å². The summed E-state index contributed by atoms with van der Waals surface area (Å²) < 4.78 is 1.35. The first-order valence-electron chi connectivity index (χ1n) is 7.28. The number of piperidine rings is 1. The average Bonchev–Trinajstić information content (AvgIpc) is 2.83. The van der Waals surface area contributed by atoms with Crippen LogP contribution < -0.4 is 5.69 Å². The average molecular weight is 303 g/mol. The maximum atomic E-state index is 12.5. The van der Waals surface area contributed by atoms with Crippen molar-refractivity contribution in [2.75, 3.05) is 6.54 Å². The largest absolute Gasteiger partial charge is 0.480 e. The van der Waals surface area contributed by atoms with Gasteiger partial charge in [0.1, 0.15) is 12.6 Å². The van der Waals surface area contributed by atoms with Crippen LogP contribution in [0.3, 0.4) is 0 Å². The van der Waals surface area contributed by atoms with Gasteiger partial charge in [-0.3, -0.25) is 9.36 Å². The van der Waals surface area contributed by atoms with Gasteiger partial charge in [-0.15, -0.1) is 0 Å². The van der Waals surface area contributed by atoms with Crippen molar-refractivity contribution in [3.63, 3.8) is 0 Å². The van der Waals surface area contributed by atoms with Gasteiger partial charge in [-0.1, -0.05) is 12.1 Å². The summed E-state index contributed by atoms with van der Waals surface area (Å²) in [6.07, 6.45) is 2.05. The van der Waals surface area contributed by atoms with Crippen LogP contribution in [0.15, 0.2) is 29.1 Å². The summed E-state index contributed by atoms with van der Waals surface area (Å²) in [5, 5.41) is 9.24. The molecule has 7 heteroatoms. The van der Waals surface area contributed by atoms with E-state index in [1.54, 1.807) is 24.3 Å². The normalized spacial score (nSPS) is 18.5. The molecule has 1 atom stereocenters. The van der Waals surface area contributed by atoms with E-state index in [0.717, 1.165) is 12.8 Å². The van der Waals surface area contributed by atoms with E-state index in [9.17, 15) is 19.5 Å². The number of imidazole rings is 1. The summed E-state index contributed by atoms with van der Waals surface area (Å²) in [6.45, 7) is 0.277. The number of aromatic amines is 1. The first-order valence-corrected chi connectivity index (χ1v) is 7.28. The van der Waals surface area contributed by atoms with Crippen molar-refractivity contribution in [2.45, 2.75) is 31.8 Å². The number of nitrogens with one attached hydrogen (secondary N) is 1. The lowest BCUT2D eigenvalue weighted by molar-refractivity contribution is -0.152. The molecule has 22 heavy (non-hydrogen) atoms. The Morgan fingerprint density at radius 2 is 2.05 bits per heavy atom. The van der Waals surface area contributed by atoms with Crippen LogP contribution in [-0.4, -0.2) is 44.0 Å². The number of hydrogen-bond acceptors (Lipinski definition) is 3. The molecule has 0 unspecified atom stereocenters. The van der Waals surface area contributed by atoms with Gasteiger partial charge in [-0.25, -0.2) is 9.59 Å². The number of amides is 1. The van der Waals surface area contributed by atoms with Crippen molar-refractivity contribution in [2.24, 2.45) is 0 Å². The molecule has 1 aromatic carbocycles. The third kappa shape index (κ3) is 2.49. The number of nitrogens with zero attached hydrogens (tertiary/aromatic N) is 2. The van der Waals surface area contributed by atoms with E-state index in [4.69, 9.17) is 0 Å². The smallest absolute Gasteiger partial charge is 0.326 e. The molecule has 7 nitrogen and oxygen atoms in total. The van der Waals surface area contributed by atoms with Crippen molar-refractivity contribution in [3.8, 4) is 0 Å². The Kier molecular flexibility index (Phi) is 3.70. The Morgan fingerprint density at radius 1 is 1.27 bits per heavy atom. The molecule has 0 bridgehead atoms. The van der Waals surface area contributed by atoms with Crippen LogP contribution in [0.2, 0.25) is 0 Å². The van der Waals surface area contributed by atoms with Crippen LogP contribution in [0.5, 0.6) is 0 Å². The molecule has 116 valence electrons. The highest BCUT2D eigenvalue weighted by Gasteiger charge is 2.32. The summed E-state index contributed by atoms with van der Waals surface area (Å²) in [7, 11) is 0. The van der Waals surface area contributed by atoms with Crippen molar-refractivity contribution < 1.29 is 14.7 Å². The summed E-state index contributed by atoms with van der Waals surface area (Å²) in [4.78, 5) is 39.8. The molecule has 1 fully saturated rings. The molecular formula is C15H17N3O4. The quantitative estimate of drug-likeness (QED) is 0.876. The van der Waals surface area contributed by atoms with Gasteiger partial charge >= 0.3 is 11.7 Å². The predicted molar refractivity (Wildman–Crippen MR) is 79.5 cm³/mol. The molecule has 2 heterocycles. The van der Waals surface area contributed by atoms with Crippen LogP contribution in [0, 0.1) is 0 Å². The van der Waals surface area contributed by atoms with E-state index in [2.05, 4.69) is 4.98 Å². The first kappa shape index (κ1) is 14.4. The van der Waals surface area contributed by atoms with Gasteiger partial charge in [0.25, 0.3) is 0 Å². The number of benzene rings is 1. The third-order valence-corrected chi connectivity index (χ3v) is 4.08. The Bertz CT molecular complexity index is 776. The number of rotatable bonds is 3. The molecule has 1 aromatic heterocycles. The first-order chi connectivity index (χ1) is 10.6. The van der Waals surface area contributed by atoms with Crippen molar-refractivity contribution in [3.05, 3.63) is 34.7 Å². The molecule has 3 rings (SSSR count). The van der Waals surface area contributed by atoms with Gasteiger partial charge in [0.2, 0.25) is 5.91 Å². The second-order valence-corrected chi connectivity index (χ2v) is 5.47. The third-order valence-electron chi connectivity index (χ3n) is 4.08. The van der Waals surface area contributed by atoms with Crippen molar-refractivity contribution >= 4 is 22.9 Å². The molecule has 2 N–H and O–H groups in total. The standard InChI is InChI=1S/C15H17N3O4/c19-13(17-8-4-3-7-12(17)14(20)21)9-18-11-6-2-1-5-10(11)16-15(18)22/h1-2,5-6,12H,3-4,7-9H2,(H,16,22)(H,20,21)/t12-/m0/s1. The number of carboxylic acid groups (broad SMARTS) is 1. The maximum absolute atomic E-state index is 12.5. The summed E-state index contributed by atoms with van der Waals surface area (Å²) in [5.74, 6) is -1.32. The highest BCUT2D eigenvalue weighted by molar-refractivity contribution is 5.85. The van der Waals surface area contributed by atoms with Gasteiger partial charge < -0.3 is 15.0 Å². The number of aliphatic carboxylic acids is 1. The number of hydrogen-bond donors (Lipinski definition) is 2. The molecule has 2 aromatic rings. The SMILES string of the molecule is O=C(O)[C@@H]1CCCCN1C(=O)Cn1c(=O)[nH]c2ccccc21. The minimum absolute atomic E-state index is 0.146. The summed E-state index contributed by atoms with van der Waals surface area (Å²) in [5.41, 5.74) is 0.942. The van der Waals surface area contributed by atoms with Crippen molar-refractivity contribution in [1.29, 1.82) is 0 Å². The molecule has 1 amide bonds. The van der Waals surface area contributed by atoms with Crippen LogP contribution in [0.25, 0.3) is 11.0 Å². The minimum atomic E-state index is -0.987. The fraction of sp³-hybridized carbons (Fsp3) is 0.400. The van der Waals surface area contributed by atoms with E-state index in [1.165, 1.54) is 9.47 Å². The molecular weight excluding hydrogens is 286 g/mol. The molecule has 0 radical (unpaired) electrons. The zero-order valence-electron chi connectivity index (χ0n) is 12.0. The number of fused-ring (bicyclic) bond motifs is 1. The highest BCUT2D eigenvalue weighted by atomic mass is 16.4. The fourth-order valence-electron chi connectivity index (χ4n) is 2.98. The highest BCUT2D eigenvalue weighted by Crippen LogP contribution is 2.18. The summed E-state index contributed by atoms with van der Waals surface area (Å²) in [6, 6.07) is 6.32. The van der Waals surface area contributed by atoms with E-state index in [0.29, 0.717) is 24.0 Å². The number of H-pyrrole nitrogens is 1. The molecule has 0 aliphatic carbocycles. The number of carbonyl (C=O) groups excluding carboxylic acids is 1. The fourth-order valence-corrected chi connectivity index (χ4v) is 2.98. The zero-order chi connectivity index (χ0) is 15.7. The van der Waals surface area contributed by atoms with Crippen LogP contribution in [0.4, 0.5) is 0 Å². The molecule has 1 saturated heterocycles. The minimum Gasteiger partial charge on any atom is -0.480 e. The topological polar surface area (TPSA) is 95.4 Å². The Labute approximate surface area is 126 Å². The van der Waals surface area contributed by atoms with Crippen LogP contribution in [0.1, 0.15) is 19.3 Å². The lowest BCUT2D eigenvalue weighted by atomic mass is 10.0. The Morgan fingerprint density at radius 3 is 2.82 bits per heavy atom. The number of likely N-dealkylation sites (tertiary alicyclic amines) is 1. The molecule has 0 saturated carbocycles. The van der Waals surface area contributed by atoms with Gasteiger partial charge in [-0.05, 0) is 31.4 Å². The van der Waals surface area contributed by atoms with Crippen molar-refractivity contribution in [1.82, 2.24) is 14.5 Å². The molecule has 1 aliphatic rings. The van der Waals surface area contributed by atoms with Crippen LogP contribution in [-0.2, 0) is 16.1 Å². The summed E-state index contributed by atoms with van der Waals surface area (Å²) >= 11 is 0.